The van der Waals surface area contributed by atoms with Gasteiger partial charge in [0.15, 0.2) is 11.3 Å². The number of fused-ring (bicyclic) bond motifs is 1. The number of rotatable bonds is 9. The van der Waals surface area contributed by atoms with Gasteiger partial charge < -0.3 is 19.8 Å². The van der Waals surface area contributed by atoms with E-state index in [0.717, 1.165) is 12.8 Å². The van der Waals surface area contributed by atoms with Crippen LogP contribution < -0.4 is 20.9 Å². The van der Waals surface area contributed by atoms with E-state index in [1.807, 2.05) is 0 Å². The molecule has 9 heteroatoms. The predicted molar refractivity (Wildman–Crippen MR) is 114 cm³/mol. The van der Waals surface area contributed by atoms with Gasteiger partial charge in [0, 0.05) is 19.2 Å². The van der Waals surface area contributed by atoms with E-state index in [1.54, 1.807) is 55.2 Å². The van der Waals surface area contributed by atoms with Gasteiger partial charge in [0.25, 0.3) is 0 Å². The van der Waals surface area contributed by atoms with Crippen LogP contribution in [0, 0.1) is 10.8 Å². The van der Waals surface area contributed by atoms with E-state index >= 15 is 0 Å². The number of carbonyl (C=O) groups excluding carboxylic acids is 1. The van der Waals surface area contributed by atoms with E-state index < -0.39 is 0 Å². The molecule has 0 unspecified atom stereocenters. The molecule has 2 heterocycles. The van der Waals surface area contributed by atoms with Crippen LogP contribution in [0.25, 0.3) is 11.0 Å². The van der Waals surface area contributed by atoms with E-state index in [0.29, 0.717) is 41.5 Å². The molecular formula is C21H26N6O3. The second-order valence-corrected chi connectivity index (χ2v) is 6.82. The zero-order valence-electron chi connectivity index (χ0n) is 17.1. The minimum atomic E-state index is -0.0704. The molecule has 0 bridgehead atoms. The van der Waals surface area contributed by atoms with Gasteiger partial charge >= 0.3 is 0 Å². The van der Waals surface area contributed by atoms with Crippen LogP contribution in [0.3, 0.4) is 0 Å². The number of amides is 1. The second-order valence-electron chi connectivity index (χ2n) is 6.82. The number of aromatic nitrogens is 2. The number of anilines is 1. The van der Waals surface area contributed by atoms with E-state index in [-0.39, 0.29) is 23.7 Å². The normalized spacial score (nSPS) is 10.7. The van der Waals surface area contributed by atoms with Gasteiger partial charge in [-0.1, -0.05) is 0 Å². The number of ether oxygens (including phenoxy) is 1. The highest BCUT2D eigenvalue weighted by molar-refractivity contribution is 5.91. The quantitative estimate of drug-likeness (QED) is 0.245. The van der Waals surface area contributed by atoms with Crippen LogP contribution in [0.2, 0.25) is 0 Å². The number of hydrogen-bond acceptors (Lipinski definition) is 7. The molecule has 1 amide bonds. The fourth-order valence-corrected chi connectivity index (χ4v) is 3.10. The first-order valence-electron chi connectivity index (χ1n) is 9.73. The van der Waals surface area contributed by atoms with Gasteiger partial charge in [-0.05, 0) is 44.0 Å². The lowest BCUT2D eigenvalue weighted by Crippen LogP contribution is -2.29. The van der Waals surface area contributed by atoms with Crippen LogP contribution in [0.15, 0.2) is 41.0 Å². The van der Waals surface area contributed by atoms with E-state index in [2.05, 4.69) is 15.6 Å². The van der Waals surface area contributed by atoms with Crippen molar-refractivity contribution in [2.24, 2.45) is 0 Å². The third kappa shape index (κ3) is 5.05. The first-order chi connectivity index (χ1) is 14.5. The lowest BCUT2D eigenvalue weighted by atomic mass is 10.2. The first-order valence-corrected chi connectivity index (χ1v) is 9.73. The Morgan fingerprint density at radius 2 is 2.07 bits per heavy atom. The summed E-state index contributed by atoms with van der Waals surface area (Å²) in [7, 11) is 1.59. The minimum Gasteiger partial charge on any atom is -0.497 e. The molecular weight excluding hydrogens is 384 g/mol. The molecule has 0 fully saturated rings. The Morgan fingerprint density at radius 1 is 1.27 bits per heavy atom. The Morgan fingerprint density at radius 3 is 2.77 bits per heavy atom. The highest BCUT2D eigenvalue weighted by Gasteiger charge is 2.11. The van der Waals surface area contributed by atoms with Crippen LogP contribution in [0.5, 0.6) is 5.75 Å². The van der Waals surface area contributed by atoms with Crippen LogP contribution in [0.1, 0.15) is 25.5 Å². The number of benzene rings is 1. The van der Waals surface area contributed by atoms with Crippen molar-refractivity contribution in [2.75, 3.05) is 25.5 Å². The van der Waals surface area contributed by atoms with E-state index in [9.17, 15) is 4.79 Å². The van der Waals surface area contributed by atoms with Crippen molar-refractivity contribution in [3.05, 3.63) is 47.8 Å². The molecule has 0 radical (unpaired) electrons. The van der Waals surface area contributed by atoms with Crippen molar-refractivity contribution in [1.29, 1.82) is 10.8 Å². The summed E-state index contributed by atoms with van der Waals surface area (Å²) in [5, 5.41) is 22.5. The minimum absolute atomic E-state index is 0.0704. The number of methoxy groups -OCH3 is 1. The molecule has 0 saturated heterocycles. The lowest BCUT2D eigenvalue weighted by Gasteiger charge is -2.14. The van der Waals surface area contributed by atoms with E-state index in [1.165, 1.54) is 0 Å². The van der Waals surface area contributed by atoms with Gasteiger partial charge in [0.05, 0.1) is 30.8 Å². The number of nitrogens with zero attached hydrogens (tertiary/aromatic N) is 2. The molecule has 1 aromatic carbocycles. The third-order valence-corrected chi connectivity index (χ3v) is 4.57. The predicted octanol–water partition coefficient (Wildman–Crippen LogP) is 2.51. The number of hydrogen-bond donors (Lipinski definition) is 4. The maximum Gasteiger partial charge on any atom is 0.227 e. The van der Waals surface area contributed by atoms with Crippen LogP contribution in [0.4, 0.5) is 5.82 Å². The molecule has 0 atom stereocenters. The Bertz CT molecular complexity index is 1090. The van der Waals surface area contributed by atoms with Crippen LogP contribution in [-0.4, -0.2) is 41.5 Å². The maximum atomic E-state index is 11.8. The van der Waals surface area contributed by atoms with Crippen molar-refractivity contribution in [3.8, 4) is 5.75 Å². The maximum absolute atomic E-state index is 11.8. The highest BCUT2D eigenvalue weighted by atomic mass is 16.5. The van der Waals surface area contributed by atoms with Gasteiger partial charge in [0.2, 0.25) is 5.91 Å². The Labute approximate surface area is 174 Å². The average molecular weight is 410 g/mol. The van der Waals surface area contributed by atoms with Gasteiger partial charge in [-0.3, -0.25) is 20.2 Å². The topological polar surface area (TPSA) is 129 Å². The van der Waals surface area contributed by atoms with Gasteiger partial charge in [0.1, 0.15) is 17.3 Å². The summed E-state index contributed by atoms with van der Waals surface area (Å²) in [4.78, 5) is 16.4. The molecule has 0 aliphatic rings. The zero-order valence-corrected chi connectivity index (χ0v) is 17.1. The largest absolute Gasteiger partial charge is 0.497 e. The van der Waals surface area contributed by atoms with Crippen molar-refractivity contribution >= 4 is 28.6 Å². The van der Waals surface area contributed by atoms with Gasteiger partial charge in [-0.15, -0.1) is 0 Å². The molecule has 30 heavy (non-hydrogen) atoms. The van der Waals surface area contributed by atoms with Crippen molar-refractivity contribution in [2.45, 2.75) is 26.2 Å². The summed E-state index contributed by atoms with van der Waals surface area (Å²) in [5.41, 5.74) is 1.45. The van der Waals surface area contributed by atoms with E-state index in [4.69, 9.17) is 20.0 Å². The smallest absolute Gasteiger partial charge is 0.227 e. The standard InChI is InChI=1S/C21H26N6O3/c1-14(22)27-18-8-7-15(29-2)12-17(18)26-21(20(27)23)25-10-4-3-9-24-19(28)13-16-6-5-11-30-16/h5-8,11-12,22-23H,3-4,9-10,13H2,1-2H3,(H,24,28)(H,25,26). The van der Waals surface area contributed by atoms with Crippen molar-refractivity contribution in [1.82, 2.24) is 14.9 Å². The first kappa shape index (κ1) is 21.1. The summed E-state index contributed by atoms with van der Waals surface area (Å²) in [6.45, 7) is 2.80. The fourth-order valence-electron chi connectivity index (χ4n) is 3.10. The summed E-state index contributed by atoms with van der Waals surface area (Å²) in [5.74, 6) is 1.88. The average Bonchev–Trinajstić information content (AvgIpc) is 3.23. The number of unbranched alkanes of at least 4 members (excludes halogenated alkanes) is 1. The molecule has 0 saturated carbocycles. The lowest BCUT2D eigenvalue weighted by molar-refractivity contribution is -0.120. The number of carbonyl (C=O) groups is 1. The SMILES string of the molecule is COc1ccc2c(c1)nc(NCCCCNC(=O)Cc1ccco1)c(=N)n2C(C)=N. The molecule has 0 aliphatic heterocycles. The third-order valence-electron chi connectivity index (χ3n) is 4.57. The molecule has 3 rings (SSSR count). The summed E-state index contributed by atoms with van der Waals surface area (Å²) < 4.78 is 12.0. The van der Waals surface area contributed by atoms with Crippen LogP contribution >= 0.6 is 0 Å². The van der Waals surface area contributed by atoms with Crippen molar-refractivity contribution in [3.63, 3.8) is 0 Å². The molecule has 2 aromatic heterocycles. The summed E-state index contributed by atoms with van der Waals surface area (Å²) >= 11 is 0. The summed E-state index contributed by atoms with van der Waals surface area (Å²) in [6.07, 6.45) is 3.37. The Kier molecular flexibility index (Phi) is 6.84. The number of furan rings is 1. The van der Waals surface area contributed by atoms with Gasteiger partial charge in [-0.2, -0.15) is 0 Å². The molecule has 9 nitrogen and oxygen atoms in total. The molecule has 3 aromatic rings. The van der Waals surface area contributed by atoms with Crippen molar-refractivity contribution < 1.29 is 13.9 Å². The van der Waals surface area contributed by atoms with Gasteiger partial charge in [-0.25, -0.2) is 4.98 Å². The molecule has 158 valence electrons. The molecule has 4 N–H and O–H groups in total. The summed E-state index contributed by atoms with van der Waals surface area (Å²) in [6, 6.07) is 8.91. The number of nitrogens with one attached hydrogen (secondary N) is 4. The highest BCUT2D eigenvalue weighted by Crippen LogP contribution is 2.19. The Balaban J connectivity index is 1.56. The second kappa shape index (κ2) is 9.73. The zero-order chi connectivity index (χ0) is 21.5. The monoisotopic (exact) mass is 410 g/mol. The molecule has 0 aliphatic carbocycles. The molecule has 0 spiro atoms. The van der Waals surface area contributed by atoms with Crippen LogP contribution in [-0.2, 0) is 11.2 Å². The fraction of sp³-hybridized carbons (Fsp3) is 0.333. The Hall–Kier alpha value is -3.62.